The number of ether oxygens (including phenoxy) is 1. The number of hydrogen-bond acceptors (Lipinski definition) is 2. The monoisotopic (exact) mass is 209 g/mol. The van der Waals surface area contributed by atoms with Crippen LogP contribution in [0.2, 0.25) is 0 Å². The summed E-state index contributed by atoms with van der Waals surface area (Å²) in [5.41, 5.74) is 0.772. The highest BCUT2D eigenvalue weighted by Gasteiger charge is 2.04. The largest absolute Gasteiger partial charge is 0.493 e. The molecule has 1 rings (SSSR count). The molecule has 0 unspecified atom stereocenters. The summed E-state index contributed by atoms with van der Waals surface area (Å²) >= 11 is 0. The summed E-state index contributed by atoms with van der Waals surface area (Å²) in [6, 6.07) is 4.90. The molecule has 1 aromatic carbocycles. The maximum atomic E-state index is 13.3. The Morgan fingerprint density at radius 2 is 2.27 bits per heavy atom. The standard InChI is InChI=1S/C12H16FNO/c1-14-9-4-3-6-10-7-5-8-11(13)12(10)15-2/h3,5-8,14H,4,9H2,1-2H3. The highest BCUT2D eigenvalue weighted by atomic mass is 19.1. The third-order valence-electron chi connectivity index (χ3n) is 2.06. The van der Waals surface area contributed by atoms with E-state index >= 15 is 0 Å². The van der Waals surface area contributed by atoms with Crippen LogP contribution in [0.4, 0.5) is 4.39 Å². The van der Waals surface area contributed by atoms with Gasteiger partial charge in [-0.1, -0.05) is 24.3 Å². The van der Waals surface area contributed by atoms with Gasteiger partial charge in [0.1, 0.15) is 0 Å². The maximum Gasteiger partial charge on any atom is 0.165 e. The molecule has 82 valence electrons. The summed E-state index contributed by atoms with van der Waals surface area (Å²) in [5, 5.41) is 3.04. The zero-order chi connectivity index (χ0) is 11.1. The lowest BCUT2D eigenvalue weighted by molar-refractivity contribution is 0.385. The van der Waals surface area contributed by atoms with Gasteiger partial charge >= 0.3 is 0 Å². The predicted octanol–water partition coefficient (Wildman–Crippen LogP) is 2.46. The lowest BCUT2D eigenvalue weighted by Crippen LogP contribution is -2.05. The van der Waals surface area contributed by atoms with Crippen molar-refractivity contribution in [1.82, 2.24) is 5.32 Å². The van der Waals surface area contributed by atoms with Crippen molar-refractivity contribution in [2.75, 3.05) is 20.7 Å². The molecule has 1 N–H and O–H groups in total. The summed E-state index contributed by atoms with van der Waals surface area (Å²) < 4.78 is 18.2. The average Bonchev–Trinajstić information content (AvgIpc) is 2.24. The normalized spacial score (nSPS) is 10.9. The van der Waals surface area contributed by atoms with Crippen LogP contribution in [-0.2, 0) is 0 Å². The first-order chi connectivity index (χ1) is 7.29. The SMILES string of the molecule is CNCCC=Cc1cccc(F)c1OC. The number of methoxy groups -OCH3 is 1. The predicted molar refractivity (Wildman–Crippen MR) is 60.5 cm³/mol. The van der Waals surface area contributed by atoms with Crippen LogP contribution in [0, 0.1) is 5.82 Å². The molecule has 0 aliphatic rings. The minimum Gasteiger partial charge on any atom is -0.493 e. The van der Waals surface area contributed by atoms with Gasteiger partial charge in [0.25, 0.3) is 0 Å². The van der Waals surface area contributed by atoms with Gasteiger partial charge in [-0.05, 0) is 26.1 Å². The highest BCUT2D eigenvalue weighted by molar-refractivity contribution is 5.57. The van der Waals surface area contributed by atoms with Crippen molar-refractivity contribution in [2.45, 2.75) is 6.42 Å². The zero-order valence-electron chi connectivity index (χ0n) is 9.09. The van der Waals surface area contributed by atoms with Gasteiger partial charge < -0.3 is 10.1 Å². The molecule has 0 bridgehead atoms. The van der Waals surface area contributed by atoms with E-state index < -0.39 is 0 Å². The van der Waals surface area contributed by atoms with Crippen LogP contribution >= 0.6 is 0 Å². The molecule has 0 saturated heterocycles. The van der Waals surface area contributed by atoms with E-state index in [1.807, 2.05) is 25.3 Å². The summed E-state index contributed by atoms with van der Waals surface area (Å²) in [7, 11) is 3.37. The summed E-state index contributed by atoms with van der Waals surface area (Å²) in [4.78, 5) is 0. The summed E-state index contributed by atoms with van der Waals surface area (Å²) in [6.45, 7) is 0.911. The summed E-state index contributed by atoms with van der Waals surface area (Å²) in [5.74, 6) is -0.0218. The van der Waals surface area contributed by atoms with Crippen molar-refractivity contribution in [3.05, 3.63) is 35.7 Å². The van der Waals surface area contributed by atoms with Crippen molar-refractivity contribution in [3.8, 4) is 5.75 Å². The van der Waals surface area contributed by atoms with E-state index in [9.17, 15) is 4.39 Å². The molecule has 0 atom stereocenters. The molecule has 0 aliphatic carbocycles. The molecule has 15 heavy (non-hydrogen) atoms. The molecule has 1 aromatic rings. The van der Waals surface area contributed by atoms with Crippen LogP contribution in [0.3, 0.4) is 0 Å². The van der Waals surface area contributed by atoms with Crippen molar-refractivity contribution in [3.63, 3.8) is 0 Å². The van der Waals surface area contributed by atoms with Crippen molar-refractivity contribution >= 4 is 6.08 Å². The molecular formula is C12H16FNO. The van der Waals surface area contributed by atoms with Gasteiger partial charge in [0, 0.05) is 5.56 Å². The van der Waals surface area contributed by atoms with E-state index in [-0.39, 0.29) is 5.82 Å². The molecule has 0 fully saturated rings. The lowest BCUT2D eigenvalue weighted by Gasteiger charge is -2.05. The van der Waals surface area contributed by atoms with Crippen molar-refractivity contribution in [2.24, 2.45) is 0 Å². The van der Waals surface area contributed by atoms with Crippen LogP contribution in [0.15, 0.2) is 24.3 Å². The number of nitrogens with one attached hydrogen (secondary N) is 1. The summed E-state index contributed by atoms with van der Waals surface area (Å²) in [6.07, 6.45) is 4.78. The number of para-hydroxylation sites is 1. The first-order valence-corrected chi connectivity index (χ1v) is 4.93. The Morgan fingerprint density at radius 3 is 2.93 bits per heavy atom. The molecule has 0 aliphatic heterocycles. The Balaban J connectivity index is 2.75. The Hall–Kier alpha value is -1.35. The lowest BCUT2D eigenvalue weighted by atomic mass is 10.1. The van der Waals surface area contributed by atoms with E-state index in [1.165, 1.54) is 13.2 Å². The first kappa shape index (κ1) is 11.7. The average molecular weight is 209 g/mol. The number of hydrogen-bond donors (Lipinski definition) is 1. The minimum atomic E-state index is -0.326. The Morgan fingerprint density at radius 1 is 1.47 bits per heavy atom. The van der Waals surface area contributed by atoms with E-state index in [0.29, 0.717) is 5.75 Å². The Kier molecular flexibility index (Phi) is 4.84. The minimum absolute atomic E-state index is 0.304. The van der Waals surface area contributed by atoms with Crippen molar-refractivity contribution < 1.29 is 9.13 Å². The van der Waals surface area contributed by atoms with E-state index in [4.69, 9.17) is 4.74 Å². The molecule has 0 radical (unpaired) electrons. The van der Waals surface area contributed by atoms with Gasteiger partial charge in [-0.3, -0.25) is 0 Å². The maximum absolute atomic E-state index is 13.3. The molecule has 0 aromatic heterocycles. The van der Waals surface area contributed by atoms with Crippen LogP contribution in [0.1, 0.15) is 12.0 Å². The Labute approximate surface area is 89.8 Å². The van der Waals surface area contributed by atoms with E-state index in [0.717, 1.165) is 18.5 Å². The van der Waals surface area contributed by atoms with Gasteiger partial charge in [0.2, 0.25) is 0 Å². The smallest absolute Gasteiger partial charge is 0.165 e. The fraction of sp³-hybridized carbons (Fsp3) is 0.333. The van der Waals surface area contributed by atoms with Gasteiger partial charge in [-0.25, -0.2) is 4.39 Å². The highest BCUT2D eigenvalue weighted by Crippen LogP contribution is 2.23. The third-order valence-corrected chi connectivity index (χ3v) is 2.06. The topological polar surface area (TPSA) is 21.3 Å². The second-order valence-corrected chi connectivity index (χ2v) is 3.16. The molecule has 0 saturated carbocycles. The molecular weight excluding hydrogens is 193 g/mol. The second kappa shape index (κ2) is 6.19. The quantitative estimate of drug-likeness (QED) is 0.752. The van der Waals surface area contributed by atoms with Gasteiger partial charge in [0.15, 0.2) is 11.6 Å². The number of rotatable bonds is 5. The third kappa shape index (κ3) is 3.36. The van der Waals surface area contributed by atoms with Crippen LogP contribution in [0.5, 0.6) is 5.75 Å². The van der Waals surface area contributed by atoms with Gasteiger partial charge in [-0.15, -0.1) is 0 Å². The molecule has 0 heterocycles. The molecule has 3 heteroatoms. The fourth-order valence-electron chi connectivity index (χ4n) is 1.31. The van der Waals surface area contributed by atoms with Gasteiger partial charge in [0.05, 0.1) is 7.11 Å². The van der Waals surface area contributed by atoms with E-state index in [2.05, 4.69) is 5.32 Å². The second-order valence-electron chi connectivity index (χ2n) is 3.16. The van der Waals surface area contributed by atoms with E-state index in [1.54, 1.807) is 6.07 Å². The van der Waals surface area contributed by atoms with Crippen molar-refractivity contribution in [1.29, 1.82) is 0 Å². The van der Waals surface area contributed by atoms with Crippen LogP contribution in [0.25, 0.3) is 6.08 Å². The first-order valence-electron chi connectivity index (χ1n) is 4.93. The van der Waals surface area contributed by atoms with Crippen LogP contribution in [-0.4, -0.2) is 20.7 Å². The number of halogens is 1. The molecule has 0 amide bonds. The van der Waals surface area contributed by atoms with Crippen LogP contribution < -0.4 is 10.1 Å². The van der Waals surface area contributed by atoms with Gasteiger partial charge in [-0.2, -0.15) is 0 Å². The molecule has 2 nitrogen and oxygen atoms in total. The fourth-order valence-corrected chi connectivity index (χ4v) is 1.31. The molecule has 0 spiro atoms. The Bertz CT molecular complexity index is 336. The number of benzene rings is 1. The zero-order valence-corrected chi connectivity index (χ0v) is 9.09.